The fourth-order valence-electron chi connectivity index (χ4n) is 2.53. The second-order valence-corrected chi connectivity index (χ2v) is 5.84. The van der Waals surface area contributed by atoms with Crippen molar-refractivity contribution in [2.24, 2.45) is 0 Å². The number of nitrogens with zero attached hydrogens (tertiary/aromatic N) is 3. The molecule has 1 atom stereocenters. The number of carbonyl (C=O) groups is 1. The molecule has 2 heterocycles. The summed E-state index contributed by atoms with van der Waals surface area (Å²) < 4.78 is 0. The highest BCUT2D eigenvalue weighted by molar-refractivity contribution is 7.18. The van der Waals surface area contributed by atoms with Crippen LogP contribution in [0.1, 0.15) is 36.4 Å². The Balaban J connectivity index is 2.22. The molecule has 3 N–H and O–H groups in total. The molecule has 6 nitrogen and oxygen atoms in total. The number of amides is 1. The van der Waals surface area contributed by atoms with Gasteiger partial charge < -0.3 is 20.6 Å². The lowest BCUT2D eigenvalue weighted by atomic mass is 10.2. The number of likely N-dealkylation sites (tertiary alicyclic amines) is 1. The molecule has 1 amide bonds. The number of hydrogen-bond acceptors (Lipinski definition) is 6. The zero-order valence-corrected chi connectivity index (χ0v) is 12.8. The van der Waals surface area contributed by atoms with Crippen molar-refractivity contribution < 1.29 is 9.90 Å². The van der Waals surface area contributed by atoms with Gasteiger partial charge in [0.2, 0.25) is 0 Å². The number of aromatic nitrogens is 1. The van der Waals surface area contributed by atoms with Crippen LogP contribution in [0.25, 0.3) is 0 Å². The molecule has 7 heteroatoms. The van der Waals surface area contributed by atoms with Gasteiger partial charge in [0.15, 0.2) is 5.13 Å². The Morgan fingerprint density at radius 3 is 2.85 bits per heavy atom. The van der Waals surface area contributed by atoms with Gasteiger partial charge in [-0.2, -0.15) is 0 Å². The van der Waals surface area contributed by atoms with Crippen molar-refractivity contribution in [3.63, 3.8) is 0 Å². The molecule has 0 bridgehead atoms. The summed E-state index contributed by atoms with van der Waals surface area (Å²) in [5.74, 6) is 0.195. The minimum Gasteiger partial charge on any atom is -0.394 e. The number of nitrogen functional groups attached to an aromatic ring is 1. The van der Waals surface area contributed by atoms with Gasteiger partial charge in [-0.25, -0.2) is 4.98 Å². The van der Waals surface area contributed by atoms with E-state index < -0.39 is 0 Å². The summed E-state index contributed by atoms with van der Waals surface area (Å²) in [7, 11) is 0. The third kappa shape index (κ3) is 2.73. The van der Waals surface area contributed by atoms with Gasteiger partial charge in [0, 0.05) is 19.6 Å². The number of nitrogens with two attached hydrogens (primary N) is 1. The maximum absolute atomic E-state index is 12.5. The third-order valence-corrected chi connectivity index (χ3v) is 4.84. The number of carbonyl (C=O) groups excluding carboxylic acids is 1. The number of anilines is 2. The minimum atomic E-state index is -0.102. The summed E-state index contributed by atoms with van der Waals surface area (Å²) in [6.45, 7) is 6.45. The lowest BCUT2D eigenvalue weighted by molar-refractivity contribution is 0.0683. The van der Waals surface area contributed by atoms with Gasteiger partial charge in [-0.3, -0.25) is 4.79 Å². The van der Waals surface area contributed by atoms with Crippen LogP contribution >= 0.6 is 11.3 Å². The molecule has 0 saturated carbocycles. The van der Waals surface area contributed by atoms with Gasteiger partial charge in [-0.1, -0.05) is 11.3 Å². The number of rotatable bonds is 5. The smallest absolute Gasteiger partial charge is 0.268 e. The topological polar surface area (TPSA) is 82.7 Å². The van der Waals surface area contributed by atoms with Crippen molar-refractivity contribution in [2.45, 2.75) is 32.7 Å². The van der Waals surface area contributed by atoms with E-state index in [1.807, 2.05) is 13.8 Å². The van der Waals surface area contributed by atoms with Gasteiger partial charge >= 0.3 is 0 Å². The summed E-state index contributed by atoms with van der Waals surface area (Å²) in [4.78, 5) is 21.1. The molecule has 112 valence electrons. The van der Waals surface area contributed by atoms with Crippen molar-refractivity contribution in [1.29, 1.82) is 0 Å². The van der Waals surface area contributed by atoms with E-state index in [1.165, 1.54) is 11.3 Å². The summed E-state index contributed by atoms with van der Waals surface area (Å²) in [5.41, 5.74) is 5.91. The summed E-state index contributed by atoms with van der Waals surface area (Å²) >= 11 is 1.34. The first-order chi connectivity index (χ1) is 9.62. The molecule has 0 radical (unpaired) electrons. The normalized spacial score (nSPS) is 18.6. The first-order valence-corrected chi connectivity index (χ1v) is 7.87. The van der Waals surface area contributed by atoms with Crippen molar-refractivity contribution >= 4 is 28.2 Å². The van der Waals surface area contributed by atoms with Crippen molar-refractivity contribution in [3.8, 4) is 0 Å². The molecule has 0 aliphatic carbocycles. The van der Waals surface area contributed by atoms with E-state index in [-0.39, 0.29) is 18.6 Å². The molecule has 1 fully saturated rings. The first-order valence-electron chi connectivity index (χ1n) is 7.05. The zero-order chi connectivity index (χ0) is 14.7. The zero-order valence-electron chi connectivity index (χ0n) is 12.0. The van der Waals surface area contributed by atoms with Gasteiger partial charge in [-0.05, 0) is 26.7 Å². The standard InChI is InChI=1S/C13H22N4O2S/c1-3-16(4-2)13-15-11(14)10(20-13)12(19)17-7-5-6-9(17)8-18/h9,18H,3-8,14H2,1-2H3. The van der Waals surface area contributed by atoms with E-state index in [9.17, 15) is 9.90 Å². The van der Waals surface area contributed by atoms with E-state index in [1.54, 1.807) is 4.90 Å². The predicted molar refractivity (Wildman–Crippen MR) is 81.2 cm³/mol. The van der Waals surface area contributed by atoms with Crippen LogP contribution in [0.2, 0.25) is 0 Å². The summed E-state index contributed by atoms with van der Waals surface area (Å²) in [6.07, 6.45) is 1.78. The van der Waals surface area contributed by atoms with Crippen LogP contribution < -0.4 is 10.6 Å². The Hall–Kier alpha value is -1.34. The van der Waals surface area contributed by atoms with E-state index in [0.29, 0.717) is 17.2 Å². The Morgan fingerprint density at radius 1 is 1.55 bits per heavy atom. The summed E-state index contributed by atoms with van der Waals surface area (Å²) in [6, 6.07) is -0.0825. The highest BCUT2D eigenvalue weighted by atomic mass is 32.1. The van der Waals surface area contributed by atoms with Crippen LogP contribution in [-0.2, 0) is 0 Å². The van der Waals surface area contributed by atoms with E-state index in [2.05, 4.69) is 9.88 Å². The van der Waals surface area contributed by atoms with E-state index >= 15 is 0 Å². The van der Waals surface area contributed by atoms with Gasteiger partial charge in [0.1, 0.15) is 10.7 Å². The number of hydrogen-bond donors (Lipinski definition) is 2. The number of aliphatic hydroxyl groups is 1. The molecular weight excluding hydrogens is 276 g/mol. The van der Waals surface area contributed by atoms with E-state index in [0.717, 1.165) is 31.1 Å². The summed E-state index contributed by atoms with van der Waals surface area (Å²) in [5, 5.41) is 10.1. The molecule has 1 aromatic rings. The lowest BCUT2D eigenvalue weighted by Gasteiger charge is -2.22. The van der Waals surface area contributed by atoms with Crippen LogP contribution in [0, 0.1) is 0 Å². The first kappa shape index (κ1) is 15.1. The number of aliphatic hydroxyl groups excluding tert-OH is 1. The van der Waals surface area contributed by atoms with Crippen LogP contribution in [-0.4, -0.2) is 53.2 Å². The van der Waals surface area contributed by atoms with E-state index in [4.69, 9.17) is 5.73 Å². The molecule has 20 heavy (non-hydrogen) atoms. The molecule has 1 unspecified atom stereocenters. The average molecular weight is 298 g/mol. The third-order valence-electron chi connectivity index (χ3n) is 3.72. The molecule has 1 aliphatic rings. The Kier molecular flexibility index (Phi) is 4.82. The molecule has 1 aromatic heterocycles. The molecule has 2 rings (SSSR count). The average Bonchev–Trinajstić information content (AvgIpc) is 3.06. The largest absolute Gasteiger partial charge is 0.394 e. The van der Waals surface area contributed by atoms with Crippen molar-refractivity contribution in [2.75, 3.05) is 36.9 Å². The fraction of sp³-hybridized carbons (Fsp3) is 0.692. The Bertz CT molecular complexity index is 473. The minimum absolute atomic E-state index is 0.00729. The van der Waals surface area contributed by atoms with Gasteiger partial charge in [0.25, 0.3) is 5.91 Å². The monoisotopic (exact) mass is 298 g/mol. The highest BCUT2D eigenvalue weighted by Crippen LogP contribution is 2.31. The molecule has 1 saturated heterocycles. The molecule has 0 spiro atoms. The Labute approximate surface area is 123 Å². The van der Waals surface area contributed by atoms with Crippen LogP contribution in [0.15, 0.2) is 0 Å². The van der Waals surface area contributed by atoms with Crippen LogP contribution in [0.3, 0.4) is 0 Å². The second-order valence-electron chi connectivity index (χ2n) is 4.86. The SMILES string of the molecule is CCN(CC)c1nc(N)c(C(=O)N2CCCC2CO)s1. The molecular formula is C13H22N4O2S. The van der Waals surface area contributed by atoms with Gasteiger partial charge in [-0.15, -0.1) is 0 Å². The quantitative estimate of drug-likeness (QED) is 0.852. The Morgan fingerprint density at radius 2 is 2.25 bits per heavy atom. The van der Waals surface area contributed by atoms with Crippen LogP contribution in [0.4, 0.5) is 10.9 Å². The number of thiazole rings is 1. The van der Waals surface area contributed by atoms with Gasteiger partial charge in [0.05, 0.1) is 12.6 Å². The maximum atomic E-state index is 12.5. The van der Waals surface area contributed by atoms with Crippen molar-refractivity contribution in [3.05, 3.63) is 4.88 Å². The lowest BCUT2D eigenvalue weighted by Crippen LogP contribution is -2.37. The molecule has 0 aromatic carbocycles. The highest BCUT2D eigenvalue weighted by Gasteiger charge is 2.31. The fourth-order valence-corrected chi connectivity index (χ4v) is 3.59. The van der Waals surface area contributed by atoms with Crippen molar-refractivity contribution in [1.82, 2.24) is 9.88 Å². The molecule has 1 aliphatic heterocycles. The predicted octanol–water partition coefficient (Wildman–Crippen LogP) is 1.17. The second kappa shape index (κ2) is 6.41. The maximum Gasteiger partial charge on any atom is 0.268 e. The van der Waals surface area contributed by atoms with Crippen LogP contribution in [0.5, 0.6) is 0 Å².